The number of carbonyl (C=O) groups excluding carboxylic acids is 1. The molecule has 1 amide bonds. The Labute approximate surface area is 173 Å². The summed E-state index contributed by atoms with van der Waals surface area (Å²) in [7, 11) is 0. The smallest absolute Gasteiger partial charge is 0.341 e. The minimum Gasteiger partial charge on any atom is -0.341 e. The molecular formula is C22H25F3N4O. The maximum atomic E-state index is 13.0. The lowest BCUT2D eigenvalue weighted by Gasteiger charge is -2.33. The van der Waals surface area contributed by atoms with Crippen molar-refractivity contribution < 1.29 is 18.0 Å². The Bertz CT molecular complexity index is 896. The Hall–Kier alpha value is -2.48. The minimum atomic E-state index is -4.40. The van der Waals surface area contributed by atoms with E-state index in [4.69, 9.17) is 0 Å². The number of rotatable bonds is 4. The summed E-state index contributed by atoms with van der Waals surface area (Å²) in [5, 5.41) is 0. The average molecular weight is 418 g/mol. The molecule has 8 heteroatoms. The van der Waals surface area contributed by atoms with Gasteiger partial charge in [-0.2, -0.15) is 13.2 Å². The molecule has 0 bridgehead atoms. The van der Waals surface area contributed by atoms with Gasteiger partial charge in [0.05, 0.1) is 29.7 Å². The molecule has 0 aliphatic carbocycles. The van der Waals surface area contributed by atoms with Crippen molar-refractivity contribution >= 4 is 5.91 Å². The van der Waals surface area contributed by atoms with Crippen LogP contribution in [-0.2, 0) is 11.0 Å². The summed E-state index contributed by atoms with van der Waals surface area (Å²) >= 11 is 0. The fourth-order valence-corrected chi connectivity index (χ4v) is 4.25. The van der Waals surface area contributed by atoms with E-state index in [1.54, 1.807) is 12.3 Å². The van der Waals surface area contributed by atoms with Crippen LogP contribution in [-0.4, -0.2) is 58.4 Å². The molecule has 0 N–H and O–H groups in total. The predicted molar refractivity (Wildman–Crippen MR) is 107 cm³/mol. The van der Waals surface area contributed by atoms with Gasteiger partial charge in [-0.1, -0.05) is 12.1 Å². The van der Waals surface area contributed by atoms with Crippen LogP contribution in [0.25, 0.3) is 11.3 Å². The van der Waals surface area contributed by atoms with Crippen LogP contribution in [0.15, 0.2) is 36.7 Å². The van der Waals surface area contributed by atoms with Crippen LogP contribution in [0.3, 0.4) is 0 Å². The Kier molecular flexibility index (Phi) is 6.04. The van der Waals surface area contributed by atoms with Gasteiger partial charge in [0, 0.05) is 30.8 Å². The number of halogens is 3. The molecular weight excluding hydrogens is 393 g/mol. The Morgan fingerprint density at radius 1 is 1.10 bits per heavy atom. The SMILES string of the molecule is O=C(CN1CCCC1)N1CCC[C@@H](c2cncc(-c3cccc(C(F)(F)F)c3)n2)C1. The quantitative estimate of drug-likeness (QED) is 0.754. The first-order valence-electron chi connectivity index (χ1n) is 10.4. The van der Waals surface area contributed by atoms with Crippen LogP contribution < -0.4 is 0 Å². The molecule has 2 aromatic rings. The van der Waals surface area contributed by atoms with E-state index in [2.05, 4.69) is 14.9 Å². The summed E-state index contributed by atoms with van der Waals surface area (Å²) in [4.78, 5) is 25.6. The van der Waals surface area contributed by atoms with Gasteiger partial charge in [-0.05, 0) is 50.9 Å². The van der Waals surface area contributed by atoms with E-state index in [1.807, 2.05) is 4.90 Å². The molecule has 2 aliphatic rings. The highest BCUT2D eigenvalue weighted by Crippen LogP contribution is 2.32. The summed E-state index contributed by atoms with van der Waals surface area (Å²) in [6.45, 7) is 3.74. The van der Waals surface area contributed by atoms with Crippen molar-refractivity contribution in [2.75, 3.05) is 32.7 Å². The Morgan fingerprint density at radius 2 is 1.90 bits per heavy atom. The predicted octanol–water partition coefficient (Wildman–Crippen LogP) is 3.96. The second-order valence-electron chi connectivity index (χ2n) is 8.07. The largest absolute Gasteiger partial charge is 0.416 e. The van der Waals surface area contributed by atoms with Crippen molar-refractivity contribution in [3.63, 3.8) is 0 Å². The van der Waals surface area contributed by atoms with E-state index in [-0.39, 0.29) is 11.8 Å². The van der Waals surface area contributed by atoms with E-state index >= 15 is 0 Å². The first kappa shape index (κ1) is 20.8. The molecule has 3 heterocycles. The lowest BCUT2D eigenvalue weighted by molar-refractivity contribution is -0.137. The molecule has 1 aromatic carbocycles. The van der Waals surface area contributed by atoms with Crippen molar-refractivity contribution in [3.8, 4) is 11.3 Å². The number of alkyl halides is 3. The van der Waals surface area contributed by atoms with Crippen molar-refractivity contribution in [3.05, 3.63) is 47.9 Å². The van der Waals surface area contributed by atoms with E-state index in [0.717, 1.165) is 63.1 Å². The third kappa shape index (κ3) is 4.80. The second-order valence-corrected chi connectivity index (χ2v) is 8.07. The summed E-state index contributed by atoms with van der Waals surface area (Å²) in [5.74, 6) is 0.183. The molecule has 5 nitrogen and oxygen atoms in total. The fourth-order valence-electron chi connectivity index (χ4n) is 4.25. The third-order valence-electron chi connectivity index (χ3n) is 5.89. The van der Waals surface area contributed by atoms with Crippen LogP contribution in [0.5, 0.6) is 0 Å². The van der Waals surface area contributed by atoms with Gasteiger partial charge in [0.2, 0.25) is 5.91 Å². The molecule has 1 aromatic heterocycles. The standard InChI is InChI=1S/C22H25F3N4O/c23-22(24,25)18-7-3-5-16(11-18)19-12-26-13-20(27-19)17-6-4-10-29(14-17)21(30)15-28-8-1-2-9-28/h3,5,7,11-13,17H,1-2,4,6,8-10,14-15H2/t17-/m1/s1. The van der Waals surface area contributed by atoms with Gasteiger partial charge in [0.1, 0.15) is 0 Å². The van der Waals surface area contributed by atoms with Gasteiger partial charge in [0.15, 0.2) is 0 Å². The first-order valence-corrected chi connectivity index (χ1v) is 10.4. The first-order chi connectivity index (χ1) is 14.4. The number of carbonyl (C=O) groups is 1. The highest BCUT2D eigenvalue weighted by atomic mass is 19.4. The molecule has 2 saturated heterocycles. The highest BCUT2D eigenvalue weighted by molar-refractivity contribution is 5.78. The fraction of sp³-hybridized carbons (Fsp3) is 0.500. The normalized spacial score (nSPS) is 20.5. The molecule has 160 valence electrons. The molecule has 0 unspecified atom stereocenters. The molecule has 2 fully saturated rings. The number of nitrogens with zero attached hydrogens (tertiary/aromatic N) is 4. The number of hydrogen-bond donors (Lipinski definition) is 0. The number of amides is 1. The number of likely N-dealkylation sites (tertiary alicyclic amines) is 2. The van der Waals surface area contributed by atoms with Crippen molar-refractivity contribution in [1.29, 1.82) is 0 Å². The van der Waals surface area contributed by atoms with Crippen LogP contribution in [0.2, 0.25) is 0 Å². The molecule has 30 heavy (non-hydrogen) atoms. The van der Waals surface area contributed by atoms with Gasteiger partial charge < -0.3 is 4.90 Å². The lowest BCUT2D eigenvalue weighted by Crippen LogP contribution is -2.44. The van der Waals surface area contributed by atoms with Gasteiger partial charge in [-0.15, -0.1) is 0 Å². The average Bonchev–Trinajstić information content (AvgIpc) is 3.26. The summed E-state index contributed by atoms with van der Waals surface area (Å²) in [5.41, 5.74) is 0.822. The summed E-state index contributed by atoms with van der Waals surface area (Å²) < 4.78 is 39.1. The maximum absolute atomic E-state index is 13.0. The second kappa shape index (κ2) is 8.71. The zero-order valence-electron chi connectivity index (χ0n) is 16.7. The van der Waals surface area contributed by atoms with Crippen molar-refractivity contribution in [2.24, 2.45) is 0 Å². The van der Waals surface area contributed by atoms with E-state index in [1.165, 1.54) is 12.3 Å². The molecule has 0 spiro atoms. The number of hydrogen-bond acceptors (Lipinski definition) is 4. The highest BCUT2D eigenvalue weighted by Gasteiger charge is 2.31. The van der Waals surface area contributed by atoms with Gasteiger partial charge in [0.25, 0.3) is 0 Å². The number of benzene rings is 1. The Morgan fingerprint density at radius 3 is 2.67 bits per heavy atom. The topological polar surface area (TPSA) is 49.3 Å². The molecule has 1 atom stereocenters. The van der Waals surface area contributed by atoms with Crippen molar-refractivity contribution in [1.82, 2.24) is 19.8 Å². The van der Waals surface area contributed by atoms with Gasteiger partial charge in [-0.3, -0.25) is 14.7 Å². The molecule has 2 aliphatic heterocycles. The monoisotopic (exact) mass is 418 g/mol. The lowest BCUT2D eigenvalue weighted by atomic mass is 9.94. The molecule has 0 saturated carbocycles. The van der Waals surface area contributed by atoms with Crippen molar-refractivity contribution in [2.45, 2.75) is 37.8 Å². The zero-order valence-corrected chi connectivity index (χ0v) is 16.7. The van der Waals surface area contributed by atoms with E-state index < -0.39 is 11.7 Å². The molecule has 0 radical (unpaired) electrons. The van der Waals surface area contributed by atoms with E-state index in [0.29, 0.717) is 24.3 Å². The Balaban J connectivity index is 1.48. The molecule has 4 rings (SSSR count). The van der Waals surface area contributed by atoms with Gasteiger partial charge in [-0.25, -0.2) is 4.98 Å². The van der Waals surface area contributed by atoms with Crippen LogP contribution >= 0.6 is 0 Å². The number of aromatic nitrogens is 2. The summed E-state index contributed by atoms with van der Waals surface area (Å²) in [6.07, 6.45) is 2.80. The van der Waals surface area contributed by atoms with E-state index in [9.17, 15) is 18.0 Å². The number of piperidine rings is 1. The van der Waals surface area contributed by atoms with Crippen LogP contribution in [0, 0.1) is 0 Å². The third-order valence-corrected chi connectivity index (χ3v) is 5.89. The summed E-state index contributed by atoms with van der Waals surface area (Å²) in [6, 6.07) is 5.13. The zero-order chi connectivity index (χ0) is 21.1. The van der Waals surface area contributed by atoms with Crippen LogP contribution in [0.1, 0.15) is 42.9 Å². The minimum absolute atomic E-state index is 0.0412. The van der Waals surface area contributed by atoms with Crippen LogP contribution in [0.4, 0.5) is 13.2 Å². The van der Waals surface area contributed by atoms with Gasteiger partial charge >= 0.3 is 6.18 Å². The maximum Gasteiger partial charge on any atom is 0.416 e.